The van der Waals surface area contributed by atoms with Crippen LogP contribution >= 0.6 is 15.9 Å². The van der Waals surface area contributed by atoms with E-state index in [2.05, 4.69) is 53.8 Å². The molecule has 0 aromatic heterocycles. The third-order valence-corrected chi connectivity index (χ3v) is 11.4. The summed E-state index contributed by atoms with van der Waals surface area (Å²) in [6.07, 6.45) is 5.48. The molecule has 4 atom stereocenters. The van der Waals surface area contributed by atoms with Crippen LogP contribution < -0.4 is 14.2 Å². The lowest BCUT2D eigenvalue weighted by atomic mass is 9.67. The number of benzene rings is 2. The fourth-order valence-corrected chi connectivity index (χ4v) is 7.36. The first kappa shape index (κ1) is 34.5. The molecule has 4 unspecified atom stereocenters. The van der Waals surface area contributed by atoms with Crippen LogP contribution in [0.15, 0.2) is 42.5 Å². The number of alkyl halides is 1. The van der Waals surface area contributed by atoms with Crippen molar-refractivity contribution in [3.05, 3.63) is 59.2 Å². The number of fused-ring (bicyclic) bond motifs is 2. The monoisotopic (exact) mass is 684 g/mol. The molecule has 240 valence electrons. The lowest BCUT2D eigenvalue weighted by molar-refractivity contribution is -0.125. The predicted molar refractivity (Wildman–Crippen MR) is 184 cm³/mol. The average Bonchev–Trinajstić information content (AvgIpc) is 3.02. The fourth-order valence-electron chi connectivity index (χ4n) is 6.37. The second-order valence-corrected chi connectivity index (χ2v) is 19.8. The normalized spacial score (nSPS) is 22.5. The molecule has 0 fully saturated rings. The molecule has 4 rings (SSSR count). The van der Waals surface area contributed by atoms with E-state index in [1.165, 1.54) is 0 Å². The first-order chi connectivity index (χ1) is 21.1. The molecule has 6 nitrogen and oxygen atoms in total. The van der Waals surface area contributed by atoms with Crippen molar-refractivity contribution in [3.63, 3.8) is 0 Å². The Kier molecular flexibility index (Phi) is 12.3. The van der Waals surface area contributed by atoms with Crippen LogP contribution in [0.5, 0.6) is 17.2 Å². The highest BCUT2D eigenvalue weighted by molar-refractivity contribution is 9.09. The standard InChI is InChI=1S/C36H49BrO6Si/c1-24-29-14-10-26(25-8-12-28(40-2)13-9-25)20-31(29)33(38)15-11-27(23-42-18-19-44(4,5)6)30-21-35(43-17-7-16-37)34(41-3)22-32(30)36(24)39/h8-10,12-13,21-22,24,27,29,31H,7,11,14-20,23H2,1-6H3. The molecule has 44 heavy (non-hydrogen) atoms. The van der Waals surface area contributed by atoms with Gasteiger partial charge < -0.3 is 18.9 Å². The van der Waals surface area contributed by atoms with Gasteiger partial charge in [-0.1, -0.05) is 60.7 Å². The molecule has 0 saturated heterocycles. The minimum absolute atomic E-state index is 0.0587. The summed E-state index contributed by atoms with van der Waals surface area (Å²) >= 11 is 3.47. The van der Waals surface area contributed by atoms with Crippen LogP contribution in [0.4, 0.5) is 0 Å². The lowest BCUT2D eigenvalue weighted by Gasteiger charge is -2.36. The number of hydrogen-bond acceptors (Lipinski definition) is 6. The van der Waals surface area contributed by atoms with Gasteiger partial charge in [-0.15, -0.1) is 0 Å². The molecule has 0 spiro atoms. The van der Waals surface area contributed by atoms with Crippen molar-refractivity contribution >= 4 is 41.1 Å². The Morgan fingerprint density at radius 1 is 0.977 bits per heavy atom. The summed E-state index contributed by atoms with van der Waals surface area (Å²) in [4.78, 5) is 28.4. The van der Waals surface area contributed by atoms with Crippen LogP contribution in [-0.2, 0) is 9.53 Å². The Morgan fingerprint density at radius 2 is 1.73 bits per heavy atom. The second-order valence-electron chi connectivity index (χ2n) is 13.4. The number of allylic oxidation sites excluding steroid dienone is 2. The third-order valence-electron chi connectivity index (χ3n) is 9.15. The molecule has 2 aromatic rings. The van der Waals surface area contributed by atoms with E-state index < -0.39 is 8.07 Å². The predicted octanol–water partition coefficient (Wildman–Crippen LogP) is 8.60. The Balaban J connectivity index is 1.70. The maximum absolute atomic E-state index is 14.4. The van der Waals surface area contributed by atoms with Gasteiger partial charge in [0.2, 0.25) is 0 Å². The average molecular weight is 686 g/mol. The van der Waals surface area contributed by atoms with E-state index in [0.717, 1.165) is 40.2 Å². The van der Waals surface area contributed by atoms with Crippen molar-refractivity contribution in [1.82, 2.24) is 0 Å². The van der Waals surface area contributed by atoms with Crippen LogP contribution in [0, 0.1) is 17.8 Å². The zero-order valence-corrected chi connectivity index (χ0v) is 29.8. The van der Waals surface area contributed by atoms with Crippen molar-refractivity contribution in [3.8, 4) is 17.2 Å². The maximum Gasteiger partial charge on any atom is 0.166 e. The number of hydrogen-bond donors (Lipinski definition) is 0. The summed E-state index contributed by atoms with van der Waals surface area (Å²) in [5.41, 5.74) is 3.84. The maximum atomic E-state index is 14.4. The number of carbonyl (C=O) groups is 2. The van der Waals surface area contributed by atoms with Gasteiger partial charge in [-0.25, -0.2) is 0 Å². The van der Waals surface area contributed by atoms with Crippen LogP contribution in [0.1, 0.15) is 66.4 Å². The number of ether oxygens (including phenoxy) is 4. The van der Waals surface area contributed by atoms with Gasteiger partial charge in [0, 0.05) is 49.7 Å². The van der Waals surface area contributed by atoms with Crippen LogP contribution in [0.3, 0.4) is 0 Å². The Labute approximate surface area is 273 Å². The third kappa shape index (κ3) is 8.64. The molecule has 0 N–H and O–H groups in total. The summed E-state index contributed by atoms with van der Waals surface area (Å²) in [6.45, 7) is 10.7. The van der Waals surface area contributed by atoms with Crippen molar-refractivity contribution in [1.29, 1.82) is 0 Å². The van der Waals surface area contributed by atoms with Gasteiger partial charge in [0.25, 0.3) is 0 Å². The molecule has 2 aliphatic carbocycles. The van der Waals surface area contributed by atoms with E-state index in [0.29, 0.717) is 62.6 Å². The van der Waals surface area contributed by atoms with E-state index in [-0.39, 0.29) is 35.2 Å². The second kappa shape index (κ2) is 15.7. The first-order valence-electron chi connectivity index (χ1n) is 15.9. The van der Waals surface area contributed by atoms with E-state index in [1.54, 1.807) is 14.2 Å². The molecular formula is C36H49BrO6Si. The van der Waals surface area contributed by atoms with Crippen LogP contribution in [0.25, 0.3) is 5.57 Å². The summed E-state index contributed by atoms with van der Waals surface area (Å²) in [6, 6.07) is 12.9. The topological polar surface area (TPSA) is 71.1 Å². The largest absolute Gasteiger partial charge is 0.497 e. The molecule has 0 aliphatic heterocycles. The van der Waals surface area contributed by atoms with Crippen molar-refractivity contribution in [2.75, 3.05) is 39.4 Å². The Bertz CT molecular complexity index is 1320. The number of rotatable bonds is 12. The Morgan fingerprint density at radius 3 is 2.39 bits per heavy atom. The Hall–Kier alpha value is -2.42. The van der Waals surface area contributed by atoms with Gasteiger partial charge in [0.05, 0.1) is 27.4 Å². The minimum Gasteiger partial charge on any atom is -0.497 e. The number of carbonyl (C=O) groups excluding carboxylic acids is 2. The summed E-state index contributed by atoms with van der Waals surface area (Å²) in [7, 11) is 2.01. The van der Waals surface area contributed by atoms with Gasteiger partial charge in [-0.2, -0.15) is 0 Å². The molecule has 2 aromatic carbocycles. The van der Waals surface area contributed by atoms with Gasteiger partial charge in [0.15, 0.2) is 17.3 Å². The molecule has 0 bridgehead atoms. The molecule has 0 amide bonds. The van der Waals surface area contributed by atoms with Crippen LogP contribution in [0.2, 0.25) is 25.7 Å². The highest BCUT2D eigenvalue weighted by atomic mass is 79.9. The van der Waals surface area contributed by atoms with Gasteiger partial charge in [-0.3, -0.25) is 9.59 Å². The van der Waals surface area contributed by atoms with E-state index in [4.69, 9.17) is 18.9 Å². The van der Waals surface area contributed by atoms with E-state index >= 15 is 0 Å². The van der Waals surface area contributed by atoms with Crippen molar-refractivity contribution < 1.29 is 28.5 Å². The highest BCUT2D eigenvalue weighted by Gasteiger charge is 2.40. The number of halogens is 1. The SMILES string of the molecule is COc1ccc(C2=CCC3C(C)C(=O)c4cc(OC)c(OCCCBr)cc4C(COCC[Si](C)(C)C)CCC(=O)C3C2)cc1. The number of methoxy groups -OCH3 is 2. The molecular weight excluding hydrogens is 636 g/mol. The first-order valence-corrected chi connectivity index (χ1v) is 20.8. The van der Waals surface area contributed by atoms with Gasteiger partial charge in [0.1, 0.15) is 11.5 Å². The van der Waals surface area contributed by atoms with Gasteiger partial charge >= 0.3 is 0 Å². The molecule has 0 heterocycles. The molecule has 0 saturated carbocycles. The zero-order chi connectivity index (χ0) is 31.9. The molecule has 0 radical (unpaired) electrons. The minimum atomic E-state index is -1.26. The summed E-state index contributed by atoms with van der Waals surface area (Å²) < 4.78 is 23.5. The lowest BCUT2D eigenvalue weighted by Crippen LogP contribution is -2.36. The molecule has 8 heteroatoms. The van der Waals surface area contributed by atoms with Crippen molar-refractivity contribution in [2.45, 2.75) is 70.6 Å². The highest BCUT2D eigenvalue weighted by Crippen LogP contribution is 2.44. The van der Waals surface area contributed by atoms with E-state index in [1.807, 2.05) is 31.2 Å². The zero-order valence-electron chi connectivity index (χ0n) is 27.2. The quantitative estimate of drug-likeness (QED) is 0.127. The van der Waals surface area contributed by atoms with Gasteiger partial charge in [-0.05, 0) is 78.6 Å². The smallest absolute Gasteiger partial charge is 0.166 e. The number of ketones is 2. The summed E-state index contributed by atoms with van der Waals surface area (Å²) in [5, 5.41) is 0.836. The number of Topliss-reactive ketones (excluding diaryl/α,β-unsaturated/α-hetero) is 2. The van der Waals surface area contributed by atoms with Crippen molar-refractivity contribution in [2.24, 2.45) is 17.8 Å². The van der Waals surface area contributed by atoms with Crippen LogP contribution in [-0.4, -0.2) is 59.0 Å². The van der Waals surface area contributed by atoms with E-state index in [9.17, 15) is 9.59 Å². The summed E-state index contributed by atoms with van der Waals surface area (Å²) in [5.74, 6) is 1.60. The molecule has 2 aliphatic rings. The fraction of sp³-hybridized carbons (Fsp3) is 0.556.